The SMILES string of the molecule is CCN1CCN(CC(N)(C(=O)O)C2CC2)CC1. The maximum absolute atomic E-state index is 11.3. The third-order valence-corrected chi connectivity index (χ3v) is 4.10. The number of nitrogens with two attached hydrogens (primary N) is 1. The highest BCUT2D eigenvalue weighted by Gasteiger charge is 2.49. The molecule has 0 spiro atoms. The van der Waals surface area contributed by atoms with Gasteiger partial charge in [0.2, 0.25) is 0 Å². The molecule has 0 aromatic heterocycles. The Bertz CT molecular complexity index is 285. The minimum Gasteiger partial charge on any atom is -0.480 e. The first-order valence-corrected chi connectivity index (χ1v) is 6.53. The van der Waals surface area contributed by atoms with Crippen molar-refractivity contribution in [1.82, 2.24) is 9.80 Å². The topological polar surface area (TPSA) is 69.8 Å². The lowest BCUT2D eigenvalue weighted by molar-refractivity contribution is -0.145. The molecule has 1 unspecified atom stereocenters. The fraction of sp³-hybridized carbons (Fsp3) is 0.917. The van der Waals surface area contributed by atoms with Gasteiger partial charge >= 0.3 is 5.97 Å². The van der Waals surface area contributed by atoms with E-state index in [-0.39, 0.29) is 5.92 Å². The van der Waals surface area contributed by atoms with Gasteiger partial charge in [-0.05, 0) is 25.3 Å². The lowest BCUT2D eigenvalue weighted by Crippen LogP contribution is -2.60. The van der Waals surface area contributed by atoms with Crippen LogP contribution in [0.4, 0.5) is 0 Å². The summed E-state index contributed by atoms with van der Waals surface area (Å²) >= 11 is 0. The van der Waals surface area contributed by atoms with Gasteiger partial charge in [-0.3, -0.25) is 9.69 Å². The Labute approximate surface area is 103 Å². The number of carbonyl (C=O) groups is 1. The summed E-state index contributed by atoms with van der Waals surface area (Å²) in [5.41, 5.74) is 5.07. The molecular weight excluding hydrogens is 218 g/mol. The van der Waals surface area contributed by atoms with E-state index in [0.717, 1.165) is 45.6 Å². The van der Waals surface area contributed by atoms with E-state index < -0.39 is 11.5 Å². The Balaban J connectivity index is 1.89. The monoisotopic (exact) mass is 241 g/mol. The van der Waals surface area contributed by atoms with Crippen molar-refractivity contribution < 1.29 is 9.90 Å². The molecule has 17 heavy (non-hydrogen) atoms. The van der Waals surface area contributed by atoms with Crippen LogP contribution in [0.15, 0.2) is 0 Å². The number of likely N-dealkylation sites (N-methyl/N-ethyl adjacent to an activating group) is 1. The summed E-state index contributed by atoms with van der Waals surface area (Å²) in [4.78, 5) is 15.9. The van der Waals surface area contributed by atoms with Crippen LogP contribution in [0.1, 0.15) is 19.8 Å². The molecule has 1 saturated heterocycles. The molecule has 0 amide bonds. The van der Waals surface area contributed by atoms with Gasteiger partial charge in [-0.25, -0.2) is 0 Å². The summed E-state index contributed by atoms with van der Waals surface area (Å²) in [5, 5.41) is 9.31. The normalized spacial score (nSPS) is 26.7. The molecule has 1 saturated carbocycles. The molecule has 5 heteroatoms. The summed E-state index contributed by atoms with van der Waals surface area (Å²) < 4.78 is 0. The van der Waals surface area contributed by atoms with Crippen LogP contribution in [0.2, 0.25) is 0 Å². The quantitative estimate of drug-likeness (QED) is 0.698. The van der Waals surface area contributed by atoms with Crippen LogP contribution >= 0.6 is 0 Å². The molecule has 1 atom stereocenters. The summed E-state index contributed by atoms with van der Waals surface area (Å²) in [5.74, 6) is -0.651. The fourth-order valence-electron chi connectivity index (χ4n) is 2.60. The van der Waals surface area contributed by atoms with Crippen molar-refractivity contribution in [3.8, 4) is 0 Å². The van der Waals surface area contributed by atoms with Crippen molar-refractivity contribution in [2.45, 2.75) is 25.3 Å². The maximum Gasteiger partial charge on any atom is 0.325 e. The molecule has 5 nitrogen and oxygen atoms in total. The molecule has 2 aliphatic rings. The van der Waals surface area contributed by atoms with Crippen molar-refractivity contribution in [3.05, 3.63) is 0 Å². The summed E-state index contributed by atoms with van der Waals surface area (Å²) in [7, 11) is 0. The van der Waals surface area contributed by atoms with E-state index in [0.29, 0.717) is 6.54 Å². The summed E-state index contributed by atoms with van der Waals surface area (Å²) in [6.45, 7) is 7.66. The first-order valence-electron chi connectivity index (χ1n) is 6.53. The van der Waals surface area contributed by atoms with Crippen LogP contribution in [0.5, 0.6) is 0 Å². The highest BCUT2D eigenvalue weighted by atomic mass is 16.4. The predicted molar refractivity (Wildman–Crippen MR) is 65.8 cm³/mol. The third-order valence-electron chi connectivity index (χ3n) is 4.10. The van der Waals surface area contributed by atoms with E-state index in [1.807, 2.05) is 0 Å². The maximum atomic E-state index is 11.3. The molecule has 0 aromatic carbocycles. The Kier molecular flexibility index (Phi) is 3.70. The van der Waals surface area contributed by atoms with Gasteiger partial charge in [0.05, 0.1) is 0 Å². The van der Waals surface area contributed by atoms with Crippen molar-refractivity contribution >= 4 is 5.97 Å². The largest absolute Gasteiger partial charge is 0.480 e. The first-order chi connectivity index (χ1) is 8.06. The Morgan fingerprint density at radius 2 is 1.82 bits per heavy atom. The van der Waals surface area contributed by atoms with Crippen molar-refractivity contribution in [1.29, 1.82) is 0 Å². The van der Waals surface area contributed by atoms with Crippen molar-refractivity contribution in [2.24, 2.45) is 11.7 Å². The number of hydrogen-bond donors (Lipinski definition) is 2. The van der Waals surface area contributed by atoms with E-state index in [2.05, 4.69) is 16.7 Å². The van der Waals surface area contributed by atoms with Crippen LogP contribution in [0, 0.1) is 5.92 Å². The number of hydrogen-bond acceptors (Lipinski definition) is 4. The Hall–Kier alpha value is -0.650. The van der Waals surface area contributed by atoms with Crippen LogP contribution in [-0.4, -0.2) is 65.7 Å². The van der Waals surface area contributed by atoms with Crippen LogP contribution in [-0.2, 0) is 4.79 Å². The second-order valence-corrected chi connectivity index (χ2v) is 5.33. The van der Waals surface area contributed by atoms with Crippen LogP contribution in [0.3, 0.4) is 0 Å². The van der Waals surface area contributed by atoms with Crippen molar-refractivity contribution in [3.63, 3.8) is 0 Å². The van der Waals surface area contributed by atoms with E-state index >= 15 is 0 Å². The highest BCUT2D eigenvalue weighted by molar-refractivity contribution is 5.79. The third kappa shape index (κ3) is 2.78. The van der Waals surface area contributed by atoms with Crippen LogP contribution < -0.4 is 5.73 Å². The van der Waals surface area contributed by atoms with E-state index in [9.17, 15) is 9.90 Å². The lowest BCUT2D eigenvalue weighted by Gasteiger charge is -2.38. The molecule has 2 rings (SSSR count). The zero-order valence-corrected chi connectivity index (χ0v) is 10.6. The van der Waals surface area contributed by atoms with Gasteiger partial charge < -0.3 is 15.7 Å². The van der Waals surface area contributed by atoms with Gasteiger partial charge in [0.1, 0.15) is 5.54 Å². The number of aliphatic carboxylic acids is 1. The minimum absolute atomic E-state index is 0.184. The zero-order chi connectivity index (χ0) is 12.5. The summed E-state index contributed by atoms with van der Waals surface area (Å²) in [6.07, 6.45) is 1.94. The highest BCUT2D eigenvalue weighted by Crippen LogP contribution is 2.39. The fourth-order valence-corrected chi connectivity index (χ4v) is 2.60. The molecule has 1 aliphatic heterocycles. The molecule has 0 bridgehead atoms. The molecule has 0 radical (unpaired) electrons. The molecule has 3 N–H and O–H groups in total. The van der Waals surface area contributed by atoms with Gasteiger partial charge in [0.15, 0.2) is 0 Å². The lowest BCUT2D eigenvalue weighted by atomic mass is 9.93. The average molecular weight is 241 g/mol. The Morgan fingerprint density at radius 1 is 1.29 bits per heavy atom. The summed E-state index contributed by atoms with van der Waals surface area (Å²) in [6, 6.07) is 0. The molecule has 1 heterocycles. The molecule has 1 aliphatic carbocycles. The number of nitrogens with zero attached hydrogens (tertiary/aromatic N) is 2. The second-order valence-electron chi connectivity index (χ2n) is 5.33. The zero-order valence-electron chi connectivity index (χ0n) is 10.6. The van der Waals surface area contributed by atoms with Gasteiger partial charge in [-0.15, -0.1) is 0 Å². The van der Waals surface area contributed by atoms with E-state index in [1.165, 1.54) is 0 Å². The molecular formula is C12H23N3O2. The second kappa shape index (κ2) is 4.92. The molecule has 0 aromatic rings. The minimum atomic E-state index is -1.02. The van der Waals surface area contributed by atoms with Gasteiger partial charge in [0.25, 0.3) is 0 Å². The number of carboxylic acid groups (broad SMARTS) is 1. The number of piperazine rings is 1. The predicted octanol–water partition coefficient (Wildman–Crippen LogP) is -0.184. The average Bonchev–Trinajstić information content (AvgIpc) is 3.13. The van der Waals surface area contributed by atoms with E-state index in [4.69, 9.17) is 5.73 Å². The number of rotatable bonds is 5. The van der Waals surface area contributed by atoms with E-state index in [1.54, 1.807) is 0 Å². The Morgan fingerprint density at radius 3 is 2.24 bits per heavy atom. The number of carboxylic acids is 1. The van der Waals surface area contributed by atoms with Gasteiger partial charge in [0, 0.05) is 32.7 Å². The molecule has 98 valence electrons. The van der Waals surface area contributed by atoms with Crippen molar-refractivity contribution in [2.75, 3.05) is 39.3 Å². The standard InChI is InChI=1S/C12H23N3O2/c1-2-14-5-7-15(8-6-14)9-12(13,11(16)17)10-3-4-10/h10H,2-9,13H2,1H3,(H,16,17). The molecule has 2 fully saturated rings. The smallest absolute Gasteiger partial charge is 0.325 e. The van der Waals surface area contributed by atoms with Gasteiger partial charge in [-0.2, -0.15) is 0 Å². The van der Waals surface area contributed by atoms with Crippen LogP contribution in [0.25, 0.3) is 0 Å². The van der Waals surface area contributed by atoms with Gasteiger partial charge in [-0.1, -0.05) is 6.92 Å². The first kappa shape index (κ1) is 12.8.